The average molecular weight is 323 g/mol. The van der Waals surface area contributed by atoms with Gasteiger partial charge in [0.15, 0.2) is 5.75 Å². The summed E-state index contributed by atoms with van der Waals surface area (Å²) in [7, 11) is 0. The quantitative estimate of drug-likeness (QED) is 0.813. The Bertz CT molecular complexity index is 643. The summed E-state index contributed by atoms with van der Waals surface area (Å²) in [6, 6.07) is 12.8. The van der Waals surface area contributed by atoms with Crippen molar-refractivity contribution in [3.8, 4) is 5.75 Å². The summed E-state index contributed by atoms with van der Waals surface area (Å²) < 4.78 is 5.63. The molecule has 3 nitrogen and oxygen atoms in total. The highest BCUT2D eigenvalue weighted by atomic mass is 35.5. The van der Waals surface area contributed by atoms with Crippen LogP contribution in [0.3, 0.4) is 0 Å². The van der Waals surface area contributed by atoms with E-state index in [9.17, 15) is 4.79 Å². The molecule has 0 aromatic heterocycles. The van der Waals surface area contributed by atoms with Gasteiger partial charge in [0, 0.05) is 6.08 Å². The number of halogens is 2. The molecule has 2 aromatic rings. The molecule has 0 aliphatic carbocycles. The maximum absolute atomic E-state index is 10.5. The van der Waals surface area contributed by atoms with E-state index in [-0.39, 0.29) is 0 Å². The van der Waals surface area contributed by atoms with Crippen molar-refractivity contribution in [3.05, 3.63) is 69.7 Å². The van der Waals surface area contributed by atoms with Gasteiger partial charge in [-0.2, -0.15) is 0 Å². The fourth-order valence-corrected chi connectivity index (χ4v) is 2.32. The second-order valence-electron chi connectivity index (χ2n) is 4.26. The van der Waals surface area contributed by atoms with Crippen molar-refractivity contribution in [1.82, 2.24) is 0 Å². The highest BCUT2D eigenvalue weighted by Gasteiger charge is 2.09. The molecule has 0 fully saturated rings. The summed E-state index contributed by atoms with van der Waals surface area (Å²) in [5.41, 5.74) is 1.60. The lowest BCUT2D eigenvalue weighted by Gasteiger charge is -2.11. The number of ether oxygens (including phenoxy) is 1. The number of hydrogen-bond acceptors (Lipinski definition) is 2. The van der Waals surface area contributed by atoms with Gasteiger partial charge in [0.1, 0.15) is 6.61 Å². The van der Waals surface area contributed by atoms with Crippen molar-refractivity contribution in [2.45, 2.75) is 6.61 Å². The van der Waals surface area contributed by atoms with E-state index in [0.29, 0.717) is 28.0 Å². The minimum absolute atomic E-state index is 0.337. The van der Waals surface area contributed by atoms with Crippen LogP contribution in [0.4, 0.5) is 0 Å². The van der Waals surface area contributed by atoms with Gasteiger partial charge in [0.05, 0.1) is 10.0 Å². The molecule has 0 aliphatic rings. The molecule has 0 atom stereocenters. The summed E-state index contributed by atoms with van der Waals surface area (Å²) in [5, 5.41) is 9.27. The first kappa shape index (κ1) is 15.4. The van der Waals surface area contributed by atoms with Crippen LogP contribution in [0, 0.1) is 0 Å². The Kier molecular flexibility index (Phi) is 5.26. The van der Waals surface area contributed by atoms with E-state index < -0.39 is 5.97 Å². The monoisotopic (exact) mass is 322 g/mol. The highest BCUT2D eigenvalue weighted by molar-refractivity contribution is 6.37. The van der Waals surface area contributed by atoms with Crippen LogP contribution in [0.25, 0.3) is 6.08 Å². The molecular weight excluding hydrogens is 311 g/mol. The number of carbonyl (C=O) groups is 1. The van der Waals surface area contributed by atoms with Gasteiger partial charge in [-0.3, -0.25) is 0 Å². The molecule has 1 N–H and O–H groups in total. The molecule has 21 heavy (non-hydrogen) atoms. The lowest BCUT2D eigenvalue weighted by Crippen LogP contribution is -1.96. The number of carboxylic acid groups (broad SMARTS) is 1. The van der Waals surface area contributed by atoms with Crippen molar-refractivity contribution in [3.63, 3.8) is 0 Å². The molecule has 0 amide bonds. The Hall–Kier alpha value is -1.97. The molecule has 2 aromatic carbocycles. The Labute approximate surface area is 132 Å². The molecule has 0 saturated heterocycles. The largest absolute Gasteiger partial charge is 0.486 e. The van der Waals surface area contributed by atoms with E-state index in [0.717, 1.165) is 11.6 Å². The highest BCUT2D eigenvalue weighted by Crippen LogP contribution is 2.35. The maximum Gasteiger partial charge on any atom is 0.328 e. The summed E-state index contributed by atoms with van der Waals surface area (Å²) in [6.07, 6.45) is 2.44. The van der Waals surface area contributed by atoms with Crippen LogP contribution in [0.2, 0.25) is 10.0 Å². The summed E-state index contributed by atoms with van der Waals surface area (Å²) in [6.45, 7) is 0.352. The van der Waals surface area contributed by atoms with Crippen LogP contribution in [0.5, 0.6) is 5.75 Å². The predicted molar refractivity (Wildman–Crippen MR) is 83.9 cm³/mol. The SMILES string of the molecule is O=C(O)C=Cc1cc(Cl)c(OCc2ccccc2)c(Cl)c1. The Morgan fingerprint density at radius 1 is 1.14 bits per heavy atom. The first-order valence-corrected chi connectivity index (χ1v) is 6.88. The van der Waals surface area contributed by atoms with Gasteiger partial charge in [-0.05, 0) is 29.3 Å². The van der Waals surface area contributed by atoms with Crippen molar-refractivity contribution >= 4 is 35.2 Å². The van der Waals surface area contributed by atoms with E-state index in [1.807, 2.05) is 30.3 Å². The van der Waals surface area contributed by atoms with Crippen molar-refractivity contribution < 1.29 is 14.6 Å². The Morgan fingerprint density at radius 2 is 1.76 bits per heavy atom. The third kappa shape index (κ3) is 4.52. The van der Waals surface area contributed by atoms with Crippen molar-refractivity contribution in [2.75, 3.05) is 0 Å². The average Bonchev–Trinajstić information content (AvgIpc) is 2.45. The molecule has 5 heteroatoms. The molecule has 0 radical (unpaired) electrons. The molecule has 0 bridgehead atoms. The molecule has 108 valence electrons. The van der Waals surface area contributed by atoms with Gasteiger partial charge in [-0.15, -0.1) is 0 Å². The molecule has 0 spiro atoms. The summed E-state index contributed by atoms with van der Waals surface area (Å²) in [4.78, 5) is 10.5. The van der Waals surface area contributed by atoms with Gasteiger partial charge in [-0.25, -0.2) is 4.79 Å². The van der Waals surface area contributed by atoms with Gasteiger partial charge in [0.2, 0.25) is 0 Å². The van der Waals surface area contributed by atoms with E-state index in [1.54, 1.807) is 12.1 Å². The zero-order valence-electron chi connectivity index (χ0n) is 10.9. The lowest BCUT2D eigenvalue weighted by molar-refractivity contribution is -0.131. The third-order valence-electron chi connectivity index (χ3n) is 2.66. The van der Waals surface area contributed by atoms with E-state index in [2.05, 4.69) is 0 Å². The predicted octanol–water partition coefficient (Wildman–Crippen LogP) is 4.67. The smallest absolute Gasteiger partial charge is 0.328 e. The molecule has 0 saturated carbocycles. The van der Waals surface area contributed by atoms with Crippen LogP contribution in [0.15, 0.2) is 48.5 Å². The topological polar surface area (TPSA) is 46.5 Å². The van der Waals surface area contributed by atoms with E-state index >= 15 is 0 Å². The zero-order valence-corrected chi connectivity index (χ0v) is 12.4. The summed E-state index contributed by atoms with van der Waals surface area (Å²) >= 11 is 12.3. The first-order valence-electron chi connectivity index (χ1n) is 6.13. The minimum Gasteiger partial charge on any atom is -0.486 e. The van der Waals surface area contributed by atoms with Gasteiger partial charge >= 0.3 is 5.97 Å². The zero-order chi connectivity index (χ0) is 15.2. The molecule has 0 heterocycles. The normalized spacial score (nSPS) is 10.8. The number of benzene rings is 2. The maximum atomic E-state index is 10.5. The Balaban J connectivity index is 2.15. The van der Waals surface area contributed by atoms with Crippen LogP contribution in [0.1, 0.15) is 11.1 Å². The van der Waals surface area contributed by atoms with E-state index in [4.69, 9.17) is 33.0 Å². The fraction of sp³-hybridized carbons (Fsp3) is 0.0625. The Morgan fingerprint density at radius 3 is 2.33 bits per heavy atom. The first-order chi connectivity index (χ1) is 10.1. The van der Waals surface area contributed by atoms with Crippen LogP contribution in [-0.2, 0) is 11.4 Å². The second kappa shape index (κ2) is 7.16. The number of rotatable bonds is 5. The van der Waals surface area contributed by atoms with E-state index in [1.165, 1.54) is 6.08 Å². The molecule has 2 rings (SSSR count). The molecule has 0 unspecified atom stereocenters. The number of carboxylic acids is 1. The standard InChI is InChI=1S/C16H12Cl2O3/c17-13-8-12(6-7-15(19)20)9-14(18)16(13)21-10-11-4-2-1-3-5-11/h1-9H,10H2,(H,19,20). The van der Waals surface area contributed by atoms with Crippen LogP contribution in [-0.4, -0.2) is 11.1 Å². The summed E-state index contributed by atoms with van der Waals surface area (Å²) in [5.74, 6) is -0.652. The van der Waals surface area contributed by atoms with Gasteiger partial charge in [-0.1, -0.05) is 53.5 Å². The van der Waals surface area contributed by atoms with Crippen molar-refractivity contribution in [1.29, 1.82) is 0 Å². The van der Waals surface area contributed by atoms with Crippen LogP contribution >= 0.6 is 23.2 Å². The molecule has 0 aliphatic heterocycles. The van der Waals surface area contributed by atoms with Crippen molar-refractivity contribution in [2.24, 2.45) is 0 Å². The number of aliphatic carboxylic acids is 1. The van der Waals surface area contributed by atoms with Crippen LogP contribution < -0.4 is 4.74 Å². The van der Waals surface area contributed by atoms with Gasteiger partial charge < -0.3 is 9.84 Å². The van der Waals surface area contributed by atoms with Gasteiger partial charge in [0.25, 0.3) is 0 Å². The fourth-order valence-electron chi connectivity index (χ4n) is 1.71. The number of hydrogen-bond donors (Lipinski definition) is 1. The minimum atomic E-state index is -1.04. The lowest BCUT2D eigenvalue weighted by atomic mass is 10.2. The third-order valence-corrected chi connectivity index (χ3v) is 3.23. The molecular formula is C16H12Cl2O3. The second-order valence-corrected chi connectivity index (χ2v) is 5.07.